The van der Waals surface area contributed by atoms with Gasteiger partial charge in [-0.1, -0.05) is 0 Å². The van der Waals surface area contributed by atoms with E-state index < -0.39 is 21.5 Å². The van der Waals surface area contributed by atoms with Gasteiger partial charge in [0.2, 0.25) is 0 Å². The number of sulfone groups is 1. The summed E-state index contributed by atoms with van der Waals surface area (Å²) in [5, 5.41) is 4.09. The van der Waals surface area contributed by atoms with Crippen LogP contribution in [0.2, 0.25) is 0 Å². The van der Waals surface area contributed by atoms with Crippen LogP contribution in [0.15, 0.2) is 29.2 Å². The largest absolute Gasteiger partial charge is 0.309 e. The smallest absolute Gasteiger partial charge is 0.175 e. The van der Waals surface area contributed by atoms with Gasteiger partial charge < -0.3 is 5.32 Å². The van der Waals surface area contributed by atoms with Crippen molar-refractivity contribution in [3.8, 4) is 0 Å². The number of hydrogen-bond donors (Lipinski definition) is 1. The normalized spacial score (nSPS) is 15.5. The third-order valence-electron chi connectivity index (χ3n) is 2.34. The molecule has 1 N–H and O–H groups in total. The van der Waals surface area contributed by atoms with Gasteiger partial charge in [-0.15, -0.1) is 0 Å². The molecular formula is C11H11F2NO2S. The molecule has 1 heterocycles. The summed E-state index contributed by atoms with van der Waals surface area (Å²) in [6.45, 7) is 1.10. The Bertz CT molecular complexity index is 541. The van der Waals surface area contributed by atoms with Gasteiger partial charge in [0.15, 0.2) is 9.84 Å². The van der Waals surface area contributed by atoms with Gasteiger partial charge in [-0.05, 0) is 23.3 Å². The summed E-state index contributed by atoms with van der Waals surface area (Å²) >= 11 is 0. The SMILES string of the molecule is O=S(=O)(C=C1CNC1)Cc1cc(F)cc(F)c1. The minimum Gasteiger partial charge on any atom is -0.309 e. The Morgan fingerprint density at radius 1 is 1.18 bits per heavy atom. The zero-order chi connectivity index (χ0) is 12.5. The molecule has 0 atom stereocenters. The van der Waals surface area contributed by atoms with E-state index >= 15 is 0 Å². The molecule has 0 spiro atoms. The number of hydrogen-bond acceptors (Lipinski definition) is 3. The lowest BCUT2D eigenvalue weighted by Crippen LogP contribution is -2.34. The Morgan fingerprint density at radius 3 is 2.24 bits per heavy atom. The van der Waals surface area contributed by atoms with E-state index in [0.717, 1.165) is 17.7 Å². The Balaban J connectivity index is 2.19. The van der Waals surface area contributed by atoms with Gasteiger partial charge in [-0.3, -0.25) is 0 Å². The number of nitrogens with one attached hydrogen (secondary N) is 1. The van der Waals surface area contributed by atoms with Crippen molar-refractivity contribution in [1.82, 2.24) is 5.32 Å². The Morgan fingerprint density at radius 2 is 1.76 bits per heavy atom. The molecule has 1 aliphatic heterocycles. The first-order valence-electron chi connectivity index (χ1n) is 5.02. The second kappa shape index (κ2) is 4.54. The van der Waals surface area contributed by atoms with Gasteiger partial charge in [-0.25, -0.2) is 17.2 Å². The molecule has 0 aliphatic carbocycles. The van der Waals surface area contributed by atoms with Gasteiger partial charge in [-0.2, -0.15) is 0 Å². The molecule has 1 saturated heterocycles. The van der Waals surface area contributed by atoms with Crippen molar-refractivity contribution in [2.24, 2.45) is 0 Å². The summed E-state index contributed by atoms with van der Waals surface area (Å²) in [4.78, 5) is 0. The summed E-state index contributed by atoms with van der Waals surface area (Å²) in [6, 6.07) is 2.76. The van der Waals surface area contributed by atoms with Crippen LogP contribution in [0.3, 0.4) is 0 Å². The van der Waals surface area contributed by atoms with E-state index in [4.69, 9.17) is 0 Å². The van der Waals surface area contributed by atoms with Crippen molar-refractivity contribution in [2.75, 3.05) is 13.1 Å². The highest BCUT2D eigenvalue weighted by Crippen LogP contribution is 2.14. The van der Waals surface area contributed by atoms with Gasteiger partial charge in [0.1, 0.15) is 11.6 Å². The highest BCUT2D eigenvalue weighted by molar-refractivity contribution is 7.93. The Kier molecular flexibility index (Phi) is 3.26. The zero-order valence-electron chi connectivity index (χ0n) is 8.91. The van der Waals surface area contributed by atoms with Crippen LogP contribution in [0.5, 0.6) is 0 Å². The maximum Gasteiger partial charge on any atom is 0.175 e. The van der Waals surface area contributed by atoms with Gasteiger partial charge in [0.25, 0.3) is 0 Å². The topological polar surface area (TPSA) is 46.2 Å². The summed E-state index contributed by atoms with van der Waals surface area (Å²) < 4.78 is 49.1. The van der Waals surface area contributed by atoms with E-state index in [9.17, 15) is 17.2 Å². The summed E-state index contributed by atoms with van der Waals surface area (Å²) in [5.41, 5.74) is 0.897. The lowest BCUT2D eigenvalue weighted by atomic mass is 10.2. The molecule has 0 saturated carbocycles. The van der Waals surface area contributed by atoms with Crippen LogP contribution in [-0.4, -0.2) is 21.5 Å². The van der Waals surface area contributed by atoms with Gasteiger partial charge in [0.05, 0.1) is 5.75 Å². The molecule has 17 heavy (non-hydrogen) atoms. The second-order valence-electron chi connectivity index (χ2n) is 3.96. The van der Waals surface area contributed by atoms with Crippen LogP contribution in [0.1, 0.15) is 5.56 Å². The maximum absolute atomic E-state index is 12.9. The first-order valence-corrected chi connectivity index (χ1v) is 6.74. The van der Waals surface area contributed by atoms with Crippen molar-refractivity contribution in [2.45, 2.75) is 5.75 Å². The highest BCUT2D eigenvalue weighted by atomic mass is 32.2. The average molecular weight is 259 g/mol. The zero-order valence-corrected chi connectivity index (χ0v) is 9.73. The fraction of sp³-hybridized carbons (Fsp3) is 0.273. The molecule has 1 fully saturated rings. The quantitative estimate of drug-likeness (QED) is 0.891. The fourth-order valence-electron chi connectivity index (χ4n) is 1.57. The molecule has 92 valence electrons. The molecule has 6 heteroatoms. The fourth-order valence-corrected chi connectivity index (χ4v) is 2.96. The summed E-state index contributed by atoms with van der Waals surface area (Å²) in [5.74, 6) is -1.92. The van der Waals surface area contributed by atoms with Crippen molar-refractivity contribution >= 4 is 9.84 Å². The predicted molar refractivity (Wildman–Crippen MR) is 59.9 cm³/mol. The predicted octanol–water partition coefficient (Wildman–Crippen LogP) is 1.37. The first kappa shape index (κ1) is 12.2. The van der Waals surface area contributed by atoms with E-state index in [1.807, 2.05) is 0 Å². The van der Waals surface area contributed by atoms with Gasteiger partial charge >= 0.3 is 0 Å². The maximum atomic E-state index is 12.9. The molecule has 3 nitrogen and oxygen atoms in total. The molecule has 0 unspecified atom stereocenters. The van der Waals surface area contributed by atoms with Crippen molar-refractivity contribution in [1.29, 1.82) is 0 Å². The van der Waals surface area contributed by atoms with Crippen molar-refractivity contribution in [3.05, 3.63) is 46.4 Å². The lowest BCUT2D eigenvalue weighted by molar-refractivity contribution is 0.579. The van der Waals surface area contributed by atoms with Crippen molar-refractivity contribution < 1.29 is 17.2 Å². The molecule has 0 bridgehead atoms. The molecule has 0 aromatic heterocycles. The molecular weight excluding hydrogens is 248 g/mol. The van der Waals surface area contributed by atoms with E-state index in [-0.39, 0.29) is 11.3 Å². The van der Waals surface area contributed by atoms with Crippen LogP contribution in [0.4, 0.5) is 8.78 Å². The average Bonchev–Trinajstić information content (AvgIpc) is 2.09. The minimum absolute atomic E-state index is 0.117. The summed E-state index contributed by atoms with van der Waals surface area (Å²) in [6.07, 6.45) is 0. The third kappa shape index (κ3) is 3.34. The molecule has 2 rings (SSSR count). The number of halogens is 2. The van der Waals surface area contributed by atoms with E-state index in [0.29, 0.717) is 19.2 Å². The van der Waals surface area contributed by atoms with Crippen molar-refractivity contribution in [3.63, 3.8) is 0 Å². The standard InChI is InChI=1S/C11H11F2NO2S/c12-10-1-8(2-11(13)3-10)6-17(15,16)7-9-4-14-5-9/h1-3,7,14H,4-6H2. The number of benzene rings is 1. The van der Waals surface area contributed by atoms with Crippen LogP contribution < -0.4 is 5.32 Å². The van der Waals surface area contributed by atoms with E-state index in [1.54, 1.807) is 0 Å². The monoisotopic (exact) mass is 259 g/mol. The van der Waals surface area contributed by atoms with E-state index in [1.165, 1.54) is 5.41 Å². The minimum atomic E-state index is -3.46. The van der Waals surface area contributed by atoms with Crippen LogP contribution >= 0.6 is 0 Å². The third-order valence-corrected chi connectivity index (χ3v) is 3.77. The van der Waals surface area contributed by atoms with Crippen LogP contribution in [0, 0.1) is 11.6 Å². The molecule has 1 aliphatic rings. The highest BCUT2D eigenvalue weighted by Gasteiger charge is 2.15. The van der Waals surface area contributed by atoms with Crippen LogP contribution in [-0.2, 0) is 15.6 Å². The summed E-state index contributed by atoms with van der Waals surface area (Å²) in [7, 11) is -3.46. The first-order chi connectivity index (χ1) is 7.94. The van der Waals surface area contributed by atoms with Crippen LogP contribution in [0.25, 0.3) is 0 Å². The Labute approximate surface area is 98.1 Å². The Hall–Kier alpha value is -1.27. The number of rotatable bonds is 3. The molecule has 0 radical (unpaired) electrons. The molecule has 1 aromatic rings. The van der Waals surface area contributed by atoms with E-state index in [2.05, 4.69) is 5.32 Å². The second-order valence-corrected chi connectivity index (χ2v) is 5.81. The molecule has 0 amide bonds. The van der Waals surface area contributed by atoms with Gasteiger partial charge in [0, 0.05) is 24.6 Å². The molecule has 1 aromatic carbocycles. The lowest BCUT2D eigenvalue weighted by Gasteiger charge is -2.18.